The minimum Gasteiger partial charge on any atom is -0.493 e. The third kappa shape index (κ3) is 2.02. The number of benzene rings is 1. The van der Waals surface area contributed by atoms with Crippen LogP contribution in [0.2, 0.25) is 0 Å². The molecule has 0 bridgehead atoms. The van der Waals surface area contributed by atoms with Crippen LogP contribution in [0.4, 0.5) is 0 Å². The fraction of sp³-hybridized carbons (Fsp3) is 0.273. The van der Waals surface area contributed by atoms with Gasteiger partial charge in [0.15, 0.2) is 11.5 Å². The van der Waals surface area contributed by atoms with Crippen LogP contribution in [0.15, 0.2) is 24.3 Å². The molecule has 0 amide bonds. The smallest absolute Gasteiger partial charge is 0.167 e. The quantitative estimate of drug-likeness (QED) is 0.708. The number of allylic oxidation sites excluding steroid dienone is 1. The Morgan fingerprint density at radius 1 is 1.15 bits per heavy atom. The van der Waals surface area contributed by atoms with E-state index in [2.05, 4.69) is 0 Å². The first-order chi connectivity index (χ1) is 6.33. The van der Waals surface area contributed by atoms with Crippen molar-refractivity contribution in [2.45, 2.75) is 6.92 Å². The first-order valence-corrected chi connectivity index (χ1v) is 4.17. The Kier molecular flexibility index (Phi) is 3.38. The van der Waals surface area contributed by atoms with Crippen molar-refractivity contribution in [3.63, 3.8) is 0 Å². The van der Waals surface area contributed by atoms with E-state index in [4.69, 9.17) is 9.47 Å². The molecule has 0 aliphatic carbocycles. The first kappa shape index (κ1) is 9.65. The van der Waals surface area contributed by atoms with Crippen LogP contribution in [0.3, 0.4) is 0 Å². The fourth-order valence-corrected chi connectivity index (χ4v) is 1.22. The molecule has 13 heavy (non-hydrogen) atoms. The van der Waals surface area contributed by atoms with Crippen molar-refractivity contribution in [1.29, 1.82) is 0 Å². The summed E-state index contributed by atoms with van der Waals surface area (Å²) < 4.78 is 10.4. The molecule has 0 aliphatic heterocycles. The van der Waals surface area contributed by atoms with Gasteiger partial charge in [-0.25, -0.2) is 0 Å². The Balaban J connectivity index is 3.18. The molecular formula is C11H14O2. The van der Waals surface area contributed by atoms with E-state index in [-0.39, 0.29) is 0 Å². The maximum absolute atomic E-state index is 5.24. The number of hydrogen-bond acceptors (Lipinski definition) is 2. The third-order valence-corrected chi connectivity index (χ3v) is 1.78. The van der Waals surface area contributed by atoms with Crippen molar-refractivity contribution in [1.82, 2.24) is 0 Å². The number of ether oxygens (including phenoxy) is 2. The zero-order valence-corrected chi connectivity index (χ0v) is 8.20. The van der Waals surface area contributed by atoms with E-state index in [0.29, 0.717) is 0 Å². The second-order valence-electron chi connectivity index (χ2n) is 2.58. The molecule has 0 saturated carbocycles. The van der Waals surface area contributed by atoms with Crippen molar-refractivity contribution >= 4 is 6.08 Å². The van der Waals surface area contributed by atoms with Crippen LogP contribution in [-0.4, -0.2) is 14.2 Å². The number of methoxy groups -OCH3 is 2. The van der Waals surface area contributed by atoms with Crippen LogP contribution in [0.25, 0.3) is 6.08 Å². The van der Waals surface area contributed by atoms with Crippen LogP contribution in [-0.2, 0) is 0 Å². The van der Waals surface area contributed by atoms with E-state index in [1.165, 1.54) is 0 Å². The van der Waals surface area contributed by atoms with E-state index in [9.17, 15) is 0 Å². The topological polar surface area (TPSA) is 18.5 Å². The molecule has 0 saturated heterocycles. The molecule has 1 rings (SSSR count). The molecule has 0 radical (unpaired) electrons. The molecule has 0 atom stereocenters. The monoisotopic (exact) mass is 178 g/mol. The SMILES string of the molecule is C/C=C\c1cccc(OC)c1OC. The summed E-state index contributed by atoms with van der Waals surface area (Å²) in [5.41, 5.74) is 1.03. The highest BCUT2D eigenvalue weighted by Crippen LogP contribution is 2.31. The first-order valence-electron chi connectivity index (χ1n) is 4.17. The van der Waals surface area contributed by atoms with Gasteiger partial charge in [0, 0.05) is 5.56 Å². The van der Waals surface area contributed by atoms with Crippen molar-refractivity contribution in [2.75, 3.05) is 14.2 Å². The fourth-order valence-electron chi connectivity index (χ4n) is 1.22. The molecule has 70 valence electrons. The second-order valence-corrected chi connectivity index (χ2v) is 2.58. The lowest BCUT2D eigenvalue weighted by molar-refractivity contribution is 0.354. The van der Waals surface area contributed by atoms with Gasteiger partial charge < -0.3 is 9.47 Å². The molecule has 0 aliphatic rings. The molecule has 1 aromatic carbocycles. The molecule has 2 heteroatoms. The Labute approximate surface area is 78.8 Å². The third-order valence-electron chi connectivity index (χ3n) is 1.78. The zero-order chi connectivity index (χ0) is 9.68. The summed E-state index contributed by atoms with van der Waals surface area (Å²) in [6, 6.07) is 5.81. The van der Waals surface area contributed by atoms with Gasteiger partial charge >= 0.3 is 0 Å². The summed E-state index contributed by atoms with van der Waals surface area (Å²) >= 11 is 0. The predicted octanol–water partition coefficient (Wildman–Crippen LogP) is 2.74. The maximum Gasteiger partial charge on any atom is 0.167 e. The maximum atomic E-state index is 5.24. The highest BCUT2D eigenvalue weighted by atomic mass is 16.5. The Morgan fingerprint density at radius 3 is 2.46 bits per heavy atom. The summed E-state index contributed by atoms with van der Waals surface area (Å²) in [6.07, 6.45) is 3.96. The average molecular weight is 178 g/mol. The van der Waals surface area contributed by atoms with Crippen LogP contribution < -0.4 is 9.47 Å². The molecule has 0 N–H and O–H groups in total. The van der Waals surface area contributed by atoms with Crippen molar-refractivity contribution in [3.8, 4) is 11.5 Å². The molecule has 1 aromatic rings. The Morgan fingerprint density at radius 2 is 1.92 bits per heavy atom. The summed E-state index contributed by atoms with van der Waals surface area (Å²) in [7, 11) is 3.28. The molecule has 0 unspecified atom stereocenters. The van der Waals surface area contributed by atoms with E-state index in [1.54, 1.807) is 14.2 Å². The number of rotatable bonds is 3. The number of para-hydroxylation sites is 1. The van der Waals surface area contributed by atoms with Crippen molar-refractivity contribution in [3.05, 3.63) is 29.8 Å². The van der Waals surface area contributed by atoms with Crippen LogP contribution in [0, 0.1) is 0 Å². The van der Waals surface area contributed by atoms with Crippen LogP contribution in [0.5, 0.6) is 11.5 Å². The summed E-state index contributed by atoms with van der Waals surface area (Å²) in [5.74, 6) is 1.54. The van der Waals surface area contributed by atoms with Crippen molar-refractivity contribution < 1.29 is 9.47 Å². The lowest BCUT2D eigenvalue weighted by Crippen LogP contribution is -1.92. The molecular weight excluding hydrogens is 164 g/mol. The molecule has 0 heterocycles. The van der Waals surface area contributed by atoms with Gasteiger partial charge in [0.2, 0.25) is 0 Å². The number of hydrogen-bond donors (Lipinski definition) is 0. The van der Waals surface area contributed by atoms with Gasteiger partial charge in [-0.05, 0) is 13.0 Å². The summed E-state index contributed by atoms with van der Waals surface area (Å²) in [6.45, 7) is 1.97. The summed E-state index contributed by atoms with van der Waals surface area (Å²) in [4.78, 5) is 0. The normalized spacial score (nSPS) is 10.4. The average Bonchev–Trinajstić information content (AvgIpc) is 2.18. The van der Waals surface area contributed by atoms with Gasteiger partial charge in [-0.15, -0.1) is 0 Å². The molecule has 2 nitrogen and oxygen atoms in total. The molecule has 0 spiro atoms. The lowest BCUT2D eigenvalue weighted by Gasteiger charge is -2.09. The standard InChI is InChI=1S/C11H14O2/c1-4-6-9-7-5-8-10(12-2)11(9)13-3/h4-8H,1-3H3/b6-4-. The predicted molar refractivity (Wildman–Crippen MR) is 54.3 cm³/mol. The summed E-state index contributed by atoms with van der Waals surface area (Å²) in [5, 5.41) is 0. The highest BCUT2D eigenvalue weighted by molar-refractivity contribution is 5.62. The molecule has 0 fully saturated rings. The van der Waals surface area contributed by atoms with E-state index >= 15 is 0 Å². The van der Waals surface area contributed by atoms with Gasteiger partial charge in [0.25, 0.3) is 0 Å². The zero-order valence-electron chi connectivity index (χ0n) is 8.20. The Hall–Kier alpha value is -1.44. The van der Waals surface area contributed by atoms with E-state index in [1.807, 2.05) is 37.3 Å². The minimum absolute atomic E-state index is 0.762. The van der Waals surface area contributed by atoms with Crippen LogP contribution in [0.1, 0.15) is 12.5 Å². The highest BCUT2D eigenvalue weighted by Gasteiger charge is 2.05. The van der Waals surface area contributed by atoms with Gasteiger partial charge in [-0.1, -0.05) is 24.3 Å². The van der Waals surface area contributed by atoms with E-state index in [0.717, 1.165) is 17.1 Å². The van der Waals surface area contributed by atoms with Gasteiger partial charge in [0.1, 0.15) is 0 Å². The largest absolute Gasteiger partial charge is 0.493 e. The Bertz CT molecular complexity index is 303. The van der Waals surface area contributed by atoms with Gasteiger partial charge in [-0.2, -0.15) is 0 Å². The minimum atomic E-state index is 0.762. The van der Waals surface area contributed by atoms with Crippen LogP contribution >= 0.6 is 0 Å². The van der Waals surface area contributed by atoms with Crippen molar-refractivity contribution in [2.24, 2.45) is 0 Å². The molecule has 0 aromatic heterocycles. The van der Waals surface area contributed by atoms with Gasteiger partial charge in [0.05, 0.1) is 14.2 Å². The second kappa shape index (κ2) is 4.55. The van der Waals surface area contributed by atoms with Gasteiger partial charge in [-0.3, -0.25) is 0 Å². The van der Waals surface area contributed by atoms with E-state index < -0.39 is 0 Å². The lowest BCUT2D eigenvalue weighted by atomic mass is 10.1.